The van der Waals surface area contributed by atoms with Gasteiger partial charge in [-0.05, 0) is 0 Å². The van der Waals surface area contributed by atoms with Gasteiger partial charge in [-0.3, -0.25) is 0 Å². The molecule has 0 aliphatic rings. The van der Waals surface area contributed by atoms with Crippen molar-refractivity contribution >= 4 is 17.6 Å². The Balaban J connectivity index is -0.0000000300. The van der Waals surface area contributed by atoms with Crippen LogP contribution in [0.2, 0.25) is 39.3 Å². The Morgan fingerprint density at radius 2 is 0.600 bits per heavy atom. The summed E-state index contributed by atoms with van der Waals surface area (Å²) in [7, 11) is -0.278. The predicted octanol–water partition coefficient (Wildman–Crippen LogP) is -0.0731. The fraction of sp³-hybridized carbons (Fsp3) is 1.00. The third-order valence-electron chi connectivity index (χ3n) is 0. The Hall–Kier alpha value is 2.03. The van der Waals surface area contributed by atoms with Crippen molar-refractivity contribution in [2.45, 2.75) is 39.3 Å². The van der Waals surface area contributed by atoms with Crippen LogP contribution in [0.1, 0.15) is 0 Å². The second-order valence-corrected chi connectivity index (χ2v) is 10.4. The molecule has 0 bridgehead atoms. The van der Waals surface area contributed by atoms with E-state index >= 15 is 0 Å². The monoisotopic (exact) mass is 203 g/mol. The van der Waals surface area contributed by atoms with Gasteiger partial charge in [0.2, 0.25) is 0 Å². The molecule has 0 aromatic carbocycles. The third-order valence-corrected chi connectivity index (χ3v) is 0. The molecule has 0 aromatic rings. The van der Waals surface area contributed by atoms with Gasteiger partial charge in [-0.15, -0.1) is 0 Å². The van der Waals surface area contributed by atoms with Crippen molar-refractivity contribution in [1.82, 2.24) is 0 Å². The summed E-state index contributed by atoms with van der Waals surface area (Å²) in [6, 6.07) is 0. The minimum absolute atomic E-state index is 0. The molecular weight excluding hydrogens is 181 g/mol. The molecular formula is C6H22KNSi2. The first-order chi connectivity index (χ1) is 3.46. The average Bonchev–Trinajstić information content (AvgIpc) is 1.25. The molecule has 0 heterocycles. The van der Waals surface area contributed by atoms with Crippen LogP contribution in [-0.4, -0.2) is 17.6 Å². The number of nitrogens with two attached hydrogens (primary N) is 1. The molecule has 10 heavy (non-hydrogen) atoms. The van der Waals surface area contributed by atoms with E-state index in [4.69, 9.17) is 0 Å². The number of hydrogen-bond donors (Lipinski definition) is 0. The van der Waals surface area contributed by atoms with Gasteiger partial charge in [0.15, 0.2) is 0 Å². The van der Waals surface area contributed by atoms with E-state index in [0.29, 0.717) is 0 Å². The van der Waals surface area contributed by atoms with Gasteiger partial charge in [0.05, 0.1) is 0 Å². The largest absolute Gasteiger partial charge is 1.00 e. The molecule has 0 aromatic heterocycles. The van der Waals surface area contributed by atoms with E-state index in [2.05, 4.69) is 39.3 Å². The summed E-state index contributed by atoms with van der Waals surface area (Å²) >= 11 is 0. The molecule has 1 nitrogen and oxygen atoms in total. The maximum atomic E-state index is 2.31. The van der Waals surface area contributed by atoms with Crippen LogP contribution in [0.4, 0.5) is 0 Å². The first-order valence-corrected chi connectivity index (χ1v) is 10.4. The molecule has 0 saturated heterocycles. The molecule has 0 rings (SSSR count). The van der Waals surface area contributed by atoms with Crippen molar-refractivity contribution in [3.63, 3.8) is 0 Å². The van der Waals surface area contributed by atoms with E-state index in [1.54, 1.807) is 0 Å². The van der Waals surface area contributed by atoms with Gasteiger partial charge in [0.1, 0.15) is 0 Å². The minimum atomic E-state index is -0.139. The quantitative estimate of drug-likeness (QED) is 0.494. The van der Waals surface area contributed by atoms with Crippen LogP contribution < -0.4 is 51.4 Å². The minimum Gasteiger partial charge on any atom is -0.693 e. The Morgan fingerprint density at radius 1 is 0.600 bits per heavy atom. The molecule has 0 spiro atoms. The summed E-state index contributed by atoms with van der Waals surface area (Å²) in [6.07, 6.45) is 0. The van der Waals surface area contributed by atoms with Gasteiger partial charge < -0.3 is 6.15 Å². The smallest absolute Gasteiger partial charge is 0.693 e. The van der Waals surface area contributed by atoms with E-state index in [9.17, 15) is 0 Å². The van der Waals surface area contributed by atoms with Crippen LogP contribution in [0.15, 0.2) is 0 Å². The Morgan fingerprint density at radius 3 is 0.600 bits per heavy atom. The van der Waals surface area contributed by atoms with Crippen molar-refractivity contribution < 1.29 is 51.4 Å². The molecule has 0 fully saturated rings. The summed E-state index contributed by atoms with van der Waals surface area (Å²) < 4.78 is 0. The van der Waals surface area contributed by atoms with E-state index in [0.717, 1.165) is 0 Å². The van der Waals surface area contributed by atoms with Gasteiger partial charge in [-0.25, -0.2) is 0 Å². The van der Waals surface area contributed by atoms with Crippen molar-refractivity contribution in [3.05, 3.63) is 6.15 Å². The normalized spacial score (nSPS) is 7.20. The maximum Gasteiger partial charge on any atom is 1.00 e. The zero-order valence-electron chi connectivity index (χ0n) is 8.73. The van der Waals surface area contributed by atoms with Crippen LogP contribution in [0.5, 0.6) is 0 Å². The van der Waals surface area contributed by atoms with Crippen LogP contribution in [0.3, 0.4) is 0 Å². The van der Waals surface area contributed by atoms with Crippen LogP contribution >= 0.6 is 0 Å². The molecule has 0 amide bonds. The number of rotatable bonds is 0. The van der Waals surface area contributed by atoms with Gasteiger partial charge in [-0.2, -0.15) is 0 Å². The van der Waals surface area contributed by atoms with Crippen LogP contribution in [-0.2, 0) is 0 Å². The zero-order valence-corrected chi connectivity index (χ0v) is 14.2. The van der Waals surface area contributed by atoms with Gasteiger partial charge in [-0.1, -0.05) is 39.3 Å². The summed E-state index contributed by atoms with van der Waals surface area (Å²) in [4.78, 5) is 0. The SMILES string of the molecule is C[SiH](C)C.C[SiH](C)C.[K+].[NH2-]. The number of hydrogen-bond acceptors (Lipinski definition) is 0. The van der Waals surface area contributed by atoms with E-state index < -0.39 is 0 Å². The zero-order chi connectivity index (χ0) is 7.15. The van der Waals surface area contributed by atoms with Crippen molar-refractivity contribution in [2.75, 3.05) is 0 Å². The van der Waals surface area contributed by atoms with Crippen LogP contribution in [0.25, 0.3) is 6.15 Å². The van der Waals surface area contributed by atoms with Crippen molar-refractivity contribution in [3.8, 4) is 0 Å². The van der Waals surface area contributed by atoms with Crippen molar-refractivity contribution in [2.24, 2.45) is 0 Å². The average molecular weight is 204 g/mol. The second-order valence-electron chi connectivity index (χ2n) is 3.46. The standard InChI is InChI=1S/2C3H10Si.K.H2N/c2*1-4(2)3;;/h2*4H,1-3H3;;1H2/q;;+1;-1. The third kappa shape index (κ3) is 198. The summed E-state index contributed by atoms with van der Waals surface area (Å²) in [5.74, 6) is 0. The van der Waals surface area contributed by atoms with E-state index in [1.165, 1.54) is 0 Å². The van der Waals surface area contributed by atoms with Gasteiger partial charge >= 0.3 is 51.4 Å². The molecule has 0 saturated carbocycles. The molecule has 60 valence electrons. The first-order valence-electron chi connectivity index (χ1n) is 3.46. The van der Waals surface area contributed by atoms with E-state index in [1.807, 2.05) is 0 Å². The second kappa shape index (κ2) is 17.2. The molecule has 0 unspecified atom stereocenters. The van der Waals surface area contributed by atoms with Gasteiger partial charge in [0, 0.05) is 17.6 Å². The maximum absolute atomic E-state index is 2.31. The fourth-order valence-corrected chi connectivity index (χ4v) is 0. The molecule has 4 heteroatoms. The molecule has 0 aliphatic carbocycles. The van der Waals surface area contributed by atoms with Gasteiger partial charge in [0.25, 0.3) is 0 Å². The Kier molecular flexibility index (Phi) is 39.1. The van der Waals surface area contributed by atoms with Crippen LogP contribution in [0, 0.1) is 0 Å². The topological polar surface area (TPSA) is 33.5 Å². The summed E-state index contributed by atoms with van der Waals surface area (Å²) in [6.45, 7) is 13.8. The summed E-state index contributed by atoms with van der Waals surface area (Å²) in [5.41, 5.74) is 0. The fourth-order valence-electron chi connectivity index (χ4n) is 0. The van der Waals surface area contributed by atoms with E-state index in [-0.39, 0.29) is 75.1 Å². The Bertz CT molecular complexity index is 31.2. The Labute approximate surface area is 113 Å². The predicted molar refractivity (Wildman–Crippen MR) is 54.8 cm³/mol. The first kappa shape index (κ1) is 22.7. The summed E-state index contributed by atoms with van der Waals surface area (Å²) in [5, 5.41) is 0. The molecule has 2 N–H and O–H groups in total. The van der Waals surface area contributed by atoms with Crippen molar-refractivity contribution in [1.29, 1.82) is 0 Å². The molecule has 0 aliphatic heterocycles. The molecule has 0 radical (unpaired) electrons. The molecule has 0 atom stereocenters.